The molecular formula is C10H9NO2S. The summed E-state index contributed by atoms with van der Waals surface area (Å²) >= 11 is 1.28. The van der Waals surface area contributed by atoms with Gasteiger partial charge in [0.25, 0.3) is 0 Å². The van der Waals surface area contributed by atoms with Crippen molar-refractivity contribution in [1.82, 2.24) is 0 Å². The lowest BCUT2D eigenvalue weighted by molar-refractivity contribution is 0.0702. The summed E-state index contributed by atoms with van der Waals surface area (Å²) in [6.45, 7) is 0.438. The molecule has 4 heteroatoms. The van der Waals surface area contributed by atoms with Gasteiger partial charge in [-0.3, -0.25) is 0 Å². The molecule has 1 aromatic heterocycles. The molecule has 0 amide bonds. The number of fused-ring (bicyclic) bond motifs is 1. The van der Waals surface area contributed by atoms with Crippen LogP contribution in [0.4, 0.5) is 0 Å². The molecule has 0 bridgehead atoms. The summed E-state index contributed by atoms with van der Waals surface area (Å²) in [5.74, 6) is -0.880. The van der Waals surface area contributed by atoms with Crippen molar-refractivity contribution in [2.24, 2.45) is 5.73 Å². The number of carbonyl (C=O) groups is 1. The highest BCUT2D eigenvalue weighted by molar-refractivity contribution is 7.20. The Kier molecular flexibility index (Phi) is 2.23. The van der Waals surface area contributed by atoms with Crippen LogP contribution in [0.25, 0.3) is 10.1 Å². The molecule has 3 N–H and O–H groups in total. The van der Waals surface area contributed by atoms with Gasteiger partial charge in [0.2, 0.25) is 0 Å². The minimum Gasteiger partial charge on any atom is -0.477 e. The van der Waals surface area contributed by atoms with Gasteiger partial charge in [0.05, 0.1) is 0 Å². The Morgan fingerprint density at radius 2 is 2.29 bits per heavy atom. The van der Waals surface area contributed by atoms with Crippen molar-refractivity contribution >= 4 is 27.4 Å². The third-order valence-electron chi connectivity index (χ3n) is 2.08. The van der Waals surface area contributed by atoms with Crippen LogP contribution in [0.3, 0.4) is 0 Å². The Bertz CT molecular complexity index is 490. The predicted molar refractivity (Wildman–Crippen MR) is 56.7 cm³/mol. The topological polar surface area (TPSA) is 63.3 Å². The first-order valence-electron chi connectivity index (χ1n) is 4.17. The number of aromatic carboxylic acids is 1. The lowest BCUT2D eigenvalue weighted by atomic mass is 10.1. The number of rotatable bonds is 2. The van der Waals surface area contributed by atoms with E-state index in [-0.39, 0.29) is 0 Å². The van der Waals surface area contributed by atoms with Gasteiger partial charge in [0.15, 0.2) is 0 Å². The summed E-state index contributed by atoms with van der Waals surface area (Å²) in [5.41, 5.74) is 6.55. The van der Waals surface area contributed by atoms with Crippen LogP contribution in [0, 0.1) is 0 Å². The second-order valence-electron chi connectivity index (χ2n) is 2.95. The Labute approximate surface area is 84.8 Å². The maximum atomic E-state index is 10.7. The fourth-order valence-corrected chi connectivity index (χ4v) is 2.35. The van der Waals surface area contributed by atoms with Gasteiger partial charge in [-0.25, -0.2) is 4.79 Å². The summed E-state index contributed by atoms with van der Waals surface area (Å²) in [4.78, 5) is 11.1. The molecule has 1 heterocycles. The standard InChI is InChI=1S/C10H9NO2S/c11-5-6-2-1-3-8-7(6)4-9(14-8)10(12)13/h1-4H,5,11H2,(H,12,13). The number of hydrogen-bond donors (Lipinski definition) is 2. The molecular weight excluding hydrogens is 198 g/mol. The number of benzene rings is 1. The van der Waals surface area contributed by atoms with Gasteiger partial charge in [-0.2, -0.15) is 0 Å². The molecule has 2 rings (SSSR count). The van der Waals surface area contributed by atoms with Gasteiger partial charge in [0.1, 0.15) is 4.88 Å². The van der Waals surface area contributed by atoms with Crippen molar-refractivity contribution < 1.29 is 9.90 Å². The summed E-state index contributed by atoms with van der Waals surface area (Å²) < 4.78 is 0.977. The molecule has 1 aromatic carbocycles. The molecule has 3 nitrogen and oxygen atoms in total. The first-order chi connectivity index (χ1) is 6.72. The SMILES string of the molecule is NCc1cccc2sc(C(=O)O)cc12. The minimum absolute atomic E-state index is 0.362. The van der Waals surface area contributed by atoms with Crippen LogP contribution >= 0.6 is 11.3 Å². The van der Waals surface area contributed by atoms with Crippen molar-refractivity contribution in [1.29, 1.82) is 0 Å². The van der Waals surface area contributed by atoms with Crippen molar-refractivity contribution in [2.45, 2.75) is 6.54 Å². The van der Waals surface area contributed by atoms with E-state index in [4.69, 9.17) is 10.8 Å². The van der Waals surface area contributed by atoms with Gasteiger partial charge >= 0.3 is 5.97 Å². The van der Waals surface area contributed by atoms with Gasteiger partial charge in [0, 0.05) is 11.2 Å². The maximum Gasteiger partial charge on any atom is 0.345 e. The maximum absolute atomic E-state index is 10.7. The van der Waals surface area contributed by atoms with E-state index in [0.717, 1.165) is 15.6 Å². The summed E-state index contributed by atoms with van der Waals surface area (Å²) in [6, 6.07) is 7.41. The molecule has 72 valence electrons. The Morgan fingerprint density at radius 1 is 1.50 bits per heavy atom. The molecule has 14 heavy (non-hydrogen) atoms. The van der Waals surface area contributed by atoms with Crippen LogP contribution in [0.5, 0.6) is 0 Å². The van der Waals surface area contributed by atoms with Gasteiger partial charge in [-0.05, 0) is 23.1 Å². The highest BCUT2D eigenvalue weighted by Crippen LogP contribution is 2.28. The molecule has 0 radical (unpaired) electrons. The summed E-state index contributed by atoms with van der Waals surface area (Å²) in [5, 5.41) is 9.78. The monoisotopic (exact) mass is 207 g/mol. The van der Waals surface area contributed by atoms with E-state index in [2.05, 4.69) is 0 Å². The van der Waals surface area contributed by atoms with Crippen molar-refractivity contribution in [3.8, 4) is 0 Å². The number of thiophene rings is 1. The molecule has 2 aromatic rings. The third kappa shape index (κ3) is 1.38. The zero-order valence-electron chi connectivity index (χ0n) is 7.36. The van der Waals surface area contributed by atoms with Crippen molar-refractivity contribution in [2.75, 3.05) is 0 Å². The number of carboxylic acids is 1. The molecule has 0 atom stereocenters. The molecule has 0 aliphatic carbocycles. The third-order valence-corrected chi connectivity index (χ3v) is 3.17. The van der Waals surface area contributed by atoms with Crippen molar-refractivity contribution in [3.05, 3.63) is 34.7 Å². The zero-order valence-corrected chi connectivity index (χ0v) is 8.17. The predicted octanol–water partition coefficient (Wildman–Crippen LogP) is 2.06. The number of hydrogen-bond acceptors (Lipinski definition) is 3. The summed E-state index contributed by atoms with van der Waals surface area (Å²) in [6.07, 6.45) is 0. The van der Waals surface area contributed by atoms with E-state index >= 15 is 0 Å². The lowest BCUT2D eigenvalue weighted by Gasteiger charge is -1.96. The highest BCUT2D eigenvalue weighted by Gasteiger charge is 2.09. The molecule has 0 unspecified atom stereocenters. The Morgan fingerprint density at radius 3 is 2.93 bits per heavy atom. The zero-order chi connectivity index (χ0) is 10.1. The summed E-state index contributed by atoms with van der Waals surface area (Å²) in [7, 11) is 0. The van der Waals surface area contributed by atoms with Crippen LogP contribution in [-0.2, 0) is 6.54 Å². The van der Waals surface area contributed by atoms with Gasteiger partial charge < -0.3 is 10.8 Å². The fraction of sp³-hybridized carbons (Fsp3) is 0.100. The van der Waals surface area contributed by atoms with Crippen molar-refractivity contribution in [3.63, 3.8) is 0 Å². The van der Waals surface area contributed by atoms with Gasteiger partial charge in [-0.1, -0.05) is 12.1 Å². The first kappa shape index (κ1) is 9.18. The van der Waals surface area contributed by atoms with Crippen LogP contribution in [-0.4, -0.2) is 11.1 Å². The second kappa shape index (κ2) is 3.40. The molecule has 0 fully saturated rings. The second-order valence-corrected chi connectivity index (χ2v) is 4.03. The molecule has 0 aliphatic heterocycles. The molecule has 0 saturated carbocycles. The van der Waals surface area contributed by atoms with Crippen LogP contribution in [0.2, 0.25) is 0 Å². The Balaban J connectivity index is 2.70. The smallest absolute Gasteiger partial charge is 0.345 e. The molecule has 0 spiro atoms. The quantitative estimate of drug-likeness (QED) is 0.792. The van der Waals surface area contributed by atoms with E-state index in [1.165, 1.54) is 11.3 Å². The van der Waals surface area contributed by atoms with E-state index in [1.807, 2.05) is 18.2 Å². The molecule has 0 aliphatic rings. The van der Waals surface area contributed by atoms with Gasteiger partial charge in [-0.15, -0.1) is 11.3 Å². The van der Waals surface area contributed by atoms with E-state index < -0.39 is 5.97 Å². The van der Waals surface area contributed by atoms with Crippen LogP contribution in [0.1, 0.15) is 15.2 Å². The average molecular weight is 207 g/mol. The number of nitrogens with two attached hydrogens (primary N) is 1. The largest absolute Gasteiger partial charge is 0.477 e. The normalized spacial score (nSPS) is 10.6. The lowest BCUT2D eigenvalue weighted by Crippen LogP contribution is -1.95. The average Bonchev–Trinajstić information content (AvgIpc) is 2.60. The highest BCUT2D eigenvalue weighted by atomic mass is 32.1. The first-order valence-corrected chi connectivity index (χ1v) is 4.99. The Hall–Kier alpha value is -1.39. The van der Waals surface area contributed by atoms with Crippen LogP contribution in [0.15, 0.2) is 24.3 Å². The number of carboxylic acid groups (broad SMARTS) is 1. The van der Waals surface area contributed by atoms with E-state index in [9.17, 15) is 4.79 Å². The fourth-order valence-electron chi connectivity index (χ4n) is 1.40. The minimum atomic E-state index is -0.880. The van der Waals surface area contributed by atoms with Crippen LogP contribution < -0.4 is 5.73 Å². The van der Waals surface area contributed by atoms with E-state index in [1.54, 1.807) is 6.07 Å². The molecule has 0 saturated heterocycles. The van der Waals surface area contributed by atoms with E-state index in [0.29, 0.717) is 11.4 Å².